The zero-order valence-corrected chi connectivity index (χ0v) is 7.53. The molecule has 0 saturated heterocycles. The van der Waals surface area contributed by atoms with Gasteiger partial charge in [0.25, 0.3) is 0 Å². The highest BCUT2D eigenvalue weighted by Crippen LogP contribution is 2.28. The first-order chi connectivity index (χ1) is 5.33. The fourth-order valence-electron chi connectivity index (χ4n) is 1.42. The third-order valence-electron chi connectivity index (χ3n) is 2.02. The lowest BCUT2D eigenvalue weighted by Gasteiger charge is -2.19. The van der Waals surface area contributed by atoms with Gasteiger partial charge in [0, 0.05) is 5.25 Å². The van der Waals surface area contributed by atoms with Crippen molar-refractivity contribution in [2.24, 2.45) is 5.73 Å². The van der Waals surface area contributed by atoms with Crippen LogP contribution in [0.25, 0.3) is 0 Å². The third-order valence-corrected chi connectivity index (χ3v) is 3.25. The van der Waals surface area contributed by atoms with Gasteiger partial charge >= 0.3 is 0 Å². The Morgan fingerprint density at radius 3 is 2.55 bits per heavy atom. The molecule has 64 valence electrons. The van der Waals surface area contributed by atoms with Gasteiger partial charge in [-0.15, -0.1) is 0 Å². The number of hydrogen-bond acceptors (Lipinski definition) is 3. The summed E-state index contributed by atoms with van der Waals surface area (Å²) in [6.07, 6.45) is 6.33. The van der Waals surface area contributed by atoms with Gasteiger partial charge in [0.1, 0.15) is 0 Å². The lowest BCUT2D eigenvalue weighted by molar-refractivity contribution is -0.109. The Hall–Kier alpha value is -0.0200. The smallest absolute Gasteiger partial charge is 0.202 e. The summed E-state index contributed by atoms with van der Waals surface area (Å²) in [5.74, 6) is 0. The Morgan fingerprint density at radius 2 is 2.00 bits per heavy atom. The number of hydrogen-bond donors (Lipinski definition) is 1. The minimum Gasteiger partial charge on any atom is -0.323 e. The Balaban J connectivity index is 2.19. The largest absolute Gasteiger partial charge is 0.323 e. The van der Waals surface area contributed by atoms with E-state index in [2.05, 4.69) is 0 Å². The Morgan fingerprint density at radius 1 is 1.36 bits per heavy atom. The molecule has 0 heterocycles. The predicted molar refractivity (Wildman–Crippen MR) is 48.5 cm³/mol. The van der Waals surface area contributed by atoms with E-state index in [1.54, 1.807) is 0 Å². The topological polar surface area (TPSA) is 43.1 Å². The van der Waals surface area contributed by atoms with E-state index >= 15 is 0 Å². The highest BCUT2D eigenvalue weighted by atomic mass is 32.2. The lowest BCUT2D eigenvalue weighted by Crippen LogP contribution is -2.16. The lowest BCUT2D eigenvalue weighted by atomic mass is 10.0. The maximum Gasteiger partial charge on any atom is 0.202 e. The van der Waals surface area contributed by atoms with Gasteiger partial charge in [-0.25, -0.2) is 0 Å². The third kappa shape index (κ3) is 3.25. The molecular weight excluding hydrogens is 158 g/mol. The molecule has 0 radical (unpaired) electrons. The van der Waals surface area contributed by atoms with Gasteiger partial charge in [-0.3, -0.25) is 4.79 Å². The van der Waals surface area contributed by atoms with Crippen LogP contribution in [0.15, 0.2) is 0 Å². The van der Waals surface area contributed by atoms with Crippen LogP contribution in [-0.4, -0.2) is 16.9 Å². The van der Waals surface area contributed by atoms with E-state index in [9.17, 15) is 4.79 Å². The average molecular weight is 173 g/mol. The minimum atomic E-state index is 0.150. The van der Waals surface area contributed by atoms with E-state index in [0.717, 1.165) is 0 Å². The molecule has 1 aliphatic carbocycles. The fourth-order valence-corrected chi connectivity index (χ4v) is 2.45. The molecule has 0 unspecified atom stereocenters. The maximum atomic E-state index is 10.9. The van der Waals surface area contributed by atoms with Gasteiger partial charge in [0.2, 0.25) is 5.12 Å². The Labute approximate surface area is 71.9 Å². The van der Waals surface area contributed by atoms with Crippen LogP contribution in [0.2, 0.25) is 0 Å². The first kappa shape index (κ1) is 9.07. The van der Waals surface area contributed by atoms with E-state index in [1.165, 1.54) is 43.9 Å². The molecule has 0 amide bonds. The monoisotopic (exact) mass is 173 g/mol. The predicted octanol–water partition coefficient (Wildman–Crippen LogP) is 1.54. The molecule has 0 aromatic carbocycles. The van der Waals surface area contributed by atoms with Crippen LogP contribution in [0.3, 0.4) is 0 Å². The number of carbonyl (C=O) groups excluding carboxylic acids is 1. The van der Waals surface area contributed by atoms with Gasteiger partial charge in [-0.1, -0.05) is 31.0 Å². The molecule has 1 rings (SSSR count). The molecule has 1 saturated carbocycles. The Bertz CT molecular complexity index is 132. The molecule has 3 heteroatoms. The number of nitrogens with two attached hydrogens (primary N) is 1. The van der Waals surface area contributed by atoms with Gasteiger partial charge in [-0.2, -0.15) is 0 Å². The summed E-state index contributed by atoms with van der Waals surface area (Å²) in [5, 5.41) is 0.719. The van der Waals surface area contributed by atoms with Crippen LogP contribution in [-0.2, 0) is 4.79 Å². The fraction of sp³-hybridized carbons (Fsp3) is 0.875. The zero-order valence-electron chi connectivity index (χ0n) is 6.71. The molecule has 0 aromatic rings. The van der Waals surface area contributed by atoms with E-state index in [0.29, 0.717) is 5.25 Å². The molecule has 2 N–H and O–H groups in total. The second-order valence-electron chi connectivity index (χ2n) is 2.95. The quantitative estimate of drug-likeness (QED) is 0.688. The van der Waals surface area contributed by atoms with Crippen LogP contribution in [0.4, 0.5) is 0 Å². The molecule has 0 bridgehead atoms. The first-order valence-electron chi connectivity index (χ1n) is 4.22. The van der Waals surface area contributed by atoms with Crippen LogP contribution < -0.4 is 5.73 Å². The number of carbonyl (C=O) groups is 1. The summed E-state index contributed by atoms with van der Waals surface area (Å²) >= 11 is 1.46. The normalized spacial score (nSPS) is 20.1. The Kier molecular flexibility index (Phi) is 3.94. The van der Waals surface area contributed by atoms with E-state index in [1.807, 2.05) is 0 Å². The van der Waals surface area contributed by atoms with Gasteiger partial charge in [-0.05, 0) is 12.8 Å². The van der Waals surface area contributed by atoms with E-state index in [-0.39, 0.29) is 11.7 Å². The van der Waals surface area contributed by atoms with Crippen LogP contribution in [0, 0.1) is 0 Å². The van der Waals surface area contributed by atoms with Crippen molar-refractivity contribution in [1.82, 2.24) is 0 Å². The van der Waals surface area contributed by atoms with Crippen molar-refractivity contribution in [2.45, 2.75) is 37.4 Å². The summed E-state index contributed by atoms with van der Waals surface area (Å²) in [6.45, 7) is 0.196. The van der Waals surface area contributed by atoms with Crippen LogP contribution in [0.1, 0.15) is 32.1 Å². The average Bonchev–Trinajstić information content (AvgIpc) is 2.06. The summed E-state index contributed by atoms with van der Waals surface area (Å²) in [4.78, 5) is 10.9. The van der Waals surface area contributed by atoms with E-state index in [4.69, 9.17) is 5.73 Å². The summed E-state index contributed by atoms with van der Waals surface area (Å²) in [5.41, 5.74) is 5.22. The maximum absolute atomic E-state index is 10.9. The number of rotatable bonds is 2. The van der Waals surface area contributed by atoms with Gasteiger partial charge in [0.05, 0.1) is 6.54 Å². The van der Waals surface area contributed by atoms with Crippen molar-refractivity contribution < 1.29 is 4.79 Å². The van der Waals surface area contributed by atoms with Crippen molar-refractivity contribution >= 4 is 16.9 Å². The van der Waals surface area contributed by atoms with Gasteiger partial charge in [0.15, 0.2) is 0 Å². The highest BCUT2D eigenvalue weighted by Gasteiger charge is 2.16. The van der Waals surface area contributed by atoms with Crippen molar-refractivity contribution in [3.05, 3.63) is 0 Å². The molecule has 11 heavy (non-hydrogen) atoms. The van der Waals surface area contributed by atoms with E-state index < -0.39 is 0 Å². The SMILES string of the molecule is NCC(=O)SC1CCCCC1. The first-order valence-corrected chi connectivity index (χ1v) is 5.10. The van der Waals surface area contributed by atoms with Crippen molar-refractivity contribution in [3.63, 3.8) is 0 Å². The summed E-state index contributed by atoms with van der Waals surface area (Å²) < 4.78 is 0. The highest BCUT2D eigenvalue weighted by molar-refractivity contribution is 8.14. The minimum absolute atomic E-state index is 0.150. The van der Waals surface area contributed by atoms with Gasteiger partial charge < -0.3 is 5.73 Å². The molecular formula is C8H15NOS. The second kappa shape index (κ2) is 4.78. The standard InChI is InChI=1S/C8H15NOS/c9-6-8(10)11-7-4-2-1-3-5-7/h7H,1-6,9H2. The summed E-state index contributed by atoms with van der Waals surface area (Å²) in [7, 11) is 0. The molecule has 0 aromatic heterocycles. The molecule has 0 aliphatic heterocycles. The number of thioether (sulfide) groups is 1. The van der Waals surface area contributed by atoms with Crippen molar-refractivity contribution in [3.8, 4) is 0 Å². The molecule has 0 spiro atoms. The molecule has 2 nitrogen and oxygen atoms in total. The molecule has 1 aliphatic rings. The van der Waals surface area contributed by atoms with Crippen molar-refractivity contribution in [1.29, 1.82) is 0 Å². The molecule has 0 atom stereocenters. The van der Waals surface area contributed by atoms with Crippen LogP contribution in [0.5, 0.6) is 0 Å². The zero-order chi connectivity index (χ0) is 8.10. The summed E-state index contributed by atoms with van der Waals surface area (Å²) in [6, 6.07) is 0. The van der Waals surface area contributed by atoms with Crippen molar-refractivity contribution in [2.75, 3.05) is 6.54 Å². The van der Waals surface area contributed by atoms with Crippen LogP contribution >= 0.6 is 11.8 Å². The molecule has 1 fully saturated rings. The second-order valence-corrected chi connectivity index (χ2v) is 4.31.